The van der Waals surface area contributed by atoms with Gasteiger partial charge in [-0.15, -0.1) is 10.2 Å². The Morgan fingerprint density at radius 2 is 2.10 bits per heavy atom. The van der Waals surface area contributed by atoms with Crippen LogP contribution in [0.1, 0.15) is 24.4 Å². The van der Waals surface area contributed by atoms with Gasteiger partial charge in [-0.25, -0.2) is 0 Å². The van der Waals surface area contributed by atoms with Gasteiger partial charge in [-0.3, -0.25) is 4.79 Å². The second kappa shape index (κ2) is 5.69. The van der Waals surface area contributed by atoms with Crippen LogP contribution in [0.2, 0.25) is 5.02 Å². The molecule has 0 spiro atoms. The summed E-state index contributed by atoms with van der Waals surface area (Å²) in [5, 5.41) is 8.66. The van der Waals surface area contributed by atoms with Crippen LogP contribution in [0.4, 0.5) is 0 Å². The maximum Gasteiger partial charge on any atom is 0.247 e. The van der Waals surface area contributed by atoms with E-state index in [4.69, 9.17) is 11.6 Å². The number of rotatable bonds is 2. The number of amides is 1. The van der Waals surface area contributed by atoms with E-state index < -0.39 is 0 Å². The van der Waals surface area contributed by atoms with Gasteiger partial charge in [0.1, 0.15) is 6.33 Å². The minimum absolute atomic E-state index is 0.0216. The Bertz CT molecular complexity index is 677. The molecule has 0 aliphatic carbocycles. The molecule has 0 saturated heterocycles. The molecular formula is C15H15ClN4O. The van der Waals surface area contributed by atoms with Crippen LogP contribution in [0.25, 0.3) is 6.08 Å². The summed E-state index contributed by atoms with van der Waals surface area (Å²) in [7, 11) is 0. The van der Waals surface area contributed by atoms with Crippen LogP contribution in [-0.2, 0) is 11.3 Å². The lowest BCUT2D eigenvalue weighted by Crippen LogP contribution is -2.40. The Kier molecular flexibility index (Phi) is 3.75. The van der Waals surface area contributed by atoms with Gasteiger partial charge in [0.2, 0.25) is 5.91 Å². The van der Waals surface area contributed by atoms with E-state index >= 15 is 0 Å². The Hall–Kier alpha value is -2.14. The molecule has 108 valence electrons. The largest absolute Gasteiger partial charge is 0.327 e. The third-order valence-corrected chi connectivity index (χ3v) is 3.89. The molecule has 3 rings (SSSR count). The number of halogens is 1. The quantitative estimate of drug-likeness (QED) is 0.801. The van der Waals surface area contributed by atoms with E-state index in [1.165, 1.54) is 0 Å². The minimum atomic E-state index is -0.0661. The van der Waals surface area contributed by atoms with Crippen LogP contribution in [0.15, 0.2) is 36.7 Å². The second-order valence-corrected chi connectivity index (χ2v) is 5.41. The van der Waals surface area contributed by atoms with E-state index in [-0.39, 0.29) is 11.9 Å². The van der Waals surface area contributed by atoms with Crippen molar-refractivity contribution in [2.75, 3.05) is 6.54 Å². The molecule has 1 atom stereocenters. The maximum atomic E-state index is 12.3. The van der Waals surface area contributed by atoms with E-state index in [9.17, 15) is 4.79 Å². The third kappa shape index (κ3) is 2.83. The zero-order valence-corrected chi connectivity index (χ0v) is 12.4. The fourth-order valence-corrected chi connectivity index (χ4v) is 2.57. The highest BCUT2D eigenvalue weighted by molar-refractivity contribution is 6.30. The number of aromatic nitrogens is 3. The van der Waals surface area contributed by atoms with Crippen molar-refractivity contribution in [3.05, 3.63) is 53.1 Å². The number of benzene rings is 1. The van der Waals surface area contributed by atoms with Crippen molar-refractivity contribution in [2.45, 2.75) is 19.5 Å². The molecule has 0 fully saturated rings. The van der Waals surface area contributed by atoms with E-state index in [1.807, 2.05) is 23.6 Å². The molecule has 0 bridgehead atoms. The van der Waals surface area contributed by atoms with Crippen molar-refractivity contribution in [1.82, 2.24) is 19.7 Å². The van der Waals surface area contributed by atoms with Crippen LogP contribution >= 0.6 is 11.6 Å². The number of carbonyl (C=O) groups is 1. The molecule has 0 radical (unpaired) electrons. The van der Waals surface area contributed by atoms with Crippen LogP contribution in [0, 0.1) is 0 Å². The summed E-state index contributed by atoms with van der Waals surface area (Å²) in [6, 6.07) is 7.30. The summed E-state index contributed by atoms with van der Waals surface area (Å²) in [6.45, 7) is 3.36. The normalized spacial score (nSPS) is 18.0. The van der Waals surface area contributed by atoms with Crippen molar-refractivity contribution in [2.24, 2.45) is 0 Å². The molecule has 1 aromatic heterocycles. The predicted octanol–water partition coefficient (Wildman–Crippen LogP) is 2.55. The average Bonchev–Trinajstić information content (AvgIpc) is 2.96. The highest BCUT2D eigenvalue weighted by Crippen LogP contribution is 2.23. The highest BCUT2D eigenvalue weighted by Gasteiger charge is 2.27. The van der Waals surface area contributed by atoms with E-state index in [2.05, 4.69) is 10.2 Å². The molecule has 1 unspecified atom stereocenters. The highest BCUT2D eigenvalue weighted by atomic mass is 35.5. The van der Waals surface area contributed by atoms with Gasteiger partial charge in [0, 0.05) is 24.2 Å². The van der Waals surface area contributed by atoms with E-state index in [0.29, 0.717) is 11.6 Å². The molecule has 1 aromatic carbocycles. The molecule has 21 heavy (non-hydrogen) atoms. The summed E-state index contributed by atoms with van der Waals surface area (Å²) in [5.41, 5.74) is 0.945. The molecule has 0 saturated carbocycles. The molecule has 0 N–H and O–H groups in total. The van der Waals surface area contributed by atoms with Crippen molar-refractivity contribution < 1.29 is 4.79 Å². The standard InChI is InChI=1S/C15H15ClN4O/c1-11-15-18-17-10-19(15)8-9-20(11)14(21)7-4-12-2-5-13(16)6-3-12/h2-7,10-11H,8-9H2,1H3. The number of nitrogens with zero attached hydrogens (tertiary/aromatic N) is 4. The zero-order chi connectivity index (χ0) is 14.8. The van der Waals surface area contributed by atoms with Crippen LogP contribution in [0.5, 0.6) is 0 Å². The summed E-state index contributed by atoms with van der Waals surface area (Å²) >= 11 is 5.84. The third-order valence-electron chi connectivity index (χ3n) is 3.64. The summed E-state index contributed by atoms with van der Waals surface area (Å²) in [4.78, 5) is 14.1. The van der Waals surface area contributed by atoms with Gasteiger partial charge in [-0.05, 0) is 30.7 Å². The van der Waals surface area contributed by atoms with Gasteiger partial charge in [0.15, 0.2) is 5.82 Å². The Labute approximate surface area is 127 Å². The van der Waals surface area contributed by atoms with Crippen LogP contribution in [0.3, 0.4) is 0 Å². The first-order valence-electron chi connectivity index (χ1n) is 6.77. The molecular weight excluding hydrogens is 288 g/mol. The van der Waals surface area contributed by atoms with Crippen molar-refractivity contribution in [1.29, 1.82) is 0 Å². The smallest absolute Gasteiger partial charge is 0.247 e. The summed E-state index contributed by atoms with van der Waals surface area (Å²) in [6.07, 6.45) is 5.09. The monoisotopic (exact) mass is 302 g/mol. The minimum Gasteiger partial charge on any atom is -0.327 e. The van der Waals surface area contributed by atoms with Crippen molar-refractivity contribution >= 4 is 23.6 Å². The Balaban J connectivity index is 1.73. The number of carbonyl (C=O) groups excluding carboxylic acids is 1. The topological polar surface area (TPSA) is 51.0 Å². The molecule has 5 nitrogen and oxygen atoms in total. The zero-order valence-electron chi connectivity index (χ0n) is 11.6. The van der Waals surface area contributed by atoms with Gasteiger partial charge >= 0.3 is 0 Å². The van der Waals surface area contributed by atoms with Crippen molar-refractivity contribution in [3.8, 4) is 0 Å². The predicted molar refractivity (Wildman–Crippen MR) is 80.6 cm³/mol. The fourth-order valence-electron chi connectivity index (χ4n) is 2.45. The van der Waals surface area contributed by atoms with Gasteiger partial charge in [0.25, 0.3) is 0 Å². The first-order chi connectivity index (χ1) is 10.1. The first-order valence-corrected chi connectivity index (χ1v) is 7.15. The van der Waals surface area contributed by atoms with Crippen LogP contribution in [-0.4, -0.2) is 32.1 Å². The number of hydrogen-bond donors (Lipinski definition) is 0. The molecule has 1 aliphatic rings. The van der Waals surface area contributed by atoms with Gasteiger partial charge in [-0.2, -0.15) is 0 Å². The Morgan fingerprint density at radius 3 is 2.86 bits per heavy atom. The fraction of sp³-hybridized carbons (Fsp3) is 0.267. The van der Waals surface area contributed by atoms with Crippen molar-refractivity contribution in [3.63, 3.8) is 0 Å². The van der Waals surface area contributed by atoms with Gasteiger partial charge in [0.05, 0.1) is 6.04 Å². The SMILES string of the molecule is CC1c2nncn2CCN1C(=O)C=Cc1ccc(Cl)cc1. The molecule has 6 heteroatoms. The first kappa shape index (κ1) is 13.8. The number of fused-ring (bicyclic) bond motifs is 1. The second-order valence-electron chi connectivity index (χ2n) is 4.98. The van der Waals surface area contributed by atoms with E-state index in [0.717, 1.165) is 17.9 Å². The summed E-state index contributed by atoms with van der Waals surface area (Å²) in [5.74, 6) is 0.807. The van der Waals surface area contributed by atoms with Gasteiger partial charge in [-0.1, -0.05) is 23.7 Å². The average molecular weight is 303 g/mol. The number of hydrogen-bond acceptors (Lipinski definition) is 3. The molecule has 1 amide bonds. The molecule has 2 heterocycles. The lowest BCUT2D eigenvalue weighted by molar-refractivity contribution is -0.129. The van der Waals surface area contributed by atoms with Crippen LogP contribution < -0.4 is 0 Å². The van der Waals surface area contributed by atoms with E-state index in [1.54, 1.807) is 35.5 Å². The lowest BCUT2D eigenvalue weighted by atomic mass is 10.1. The molecule has 1 aliphatic heterocycles. The summed E-state index contributed by atoms with van der Waals surface area (Å²) < 4.78 is 1.98. The molecule has 2 aromatic rings. The lowest BCUT2D eigenvalue weighted by Gasteiger charge is -2.32. The van der Waals surface area contributed by atoms with Gasteiger partial charge < -0.3 is 9.47 Å². The Morgan fingerprint density at radius 1 is 1.33 bits per heavy atom. The maximum absolute atomic E-state index is 12.3.